The van der Waals surface area contributed by atoms with E-state index in [1.807, 2.05) is 20.8 Å². The van der Waals surface area contributed by atoms with Crippen molar-refractivity contribution in [2.24, 2.45) is 4.74 Å². The van der Waals surface area contributed by atoms with Gasteiger partial charge in [0.1, 0.15) is 38.3 Å². The van der Waals surface area contributed by atoms with Crippen LogP contribution < -0.4 is 0 Å². The molecule has 0 bridgehead atoms. The maximum absolute atomic E-state index is 6.40. The first-order valence-electron chi connectivity index (χ1n) is 5.59. The van der Waals surface area contributed by atoms with E-state index >= 15 is 0 Å². The predicted octanol–water partition coefficient (Wildman–Crippen LogP) is 8.86. The molecule has 0 aromatic heterocycles. The highest BCUT2D eigenvalue weighted by Gasteiger charge is 2.58. The quantitative estimate of drug-likeness (QED) is 0.304. The fourth-order valence-electron chi connectivity index (χ4n) is 1.33. The molecule has 0 N–H and O–H groups in total. The Hall–Kier alpha value is 2.40. The summed E-state index contributed by atoms with van der Waals surface area (Å²) in [6.07, 6.45) is 1.75. The topological polar surface area (TPSA) is 12.4 Å². The van der Waals surface area contributed by atoms with E-state index in [9.17, 15) is 0 Å². The lowest BCUT2D eigenvalue weighted by atomic mass is 10.2. The first-order chi connectivity index (χ1) is 7.89. The van der Waals surface area contributed by atoms with E-state index in [4.69, 9.17) is 67.8 Å². The number of alkyl halides is 1. The summed E-state index contributed by atoms with van der Waals surface area (Å²) in [5.41, 5.74) is 0. The van der Waals surface area contributed by atoms with Gasteiger partial charge >= 0.3 is 5.32 Å². The minimum absolute atomic E-state index is 0.575. The third kappa shape index (κ3) is 4.45. The summed E-state index contributed by atoms with van der Waals surface area (Å²) in [6.45, 7) is 7.52. The minimum Gasteiger partial charge on any atom is -0.223 e. The van der Waals surface area contributed by atoms with Gasteiger partial charge in [-0.2, -0.15) is 0 Å². The third-order valence-corrected chi connectivity index (χ3v) is 14.1. The second-order valence-electron chi connectivity index (χ2n) is 4.21. The van der Waals surface area contributed by atoms with Gasteiger partial charge in [-0.05, 0) is 13.3 Å². The van der Waals surface area contributed by atoms with Crippen LogP contribution in [0.1, 0.15) is 47.0 Å². The molecule has 0 radical (unpaired) electrons. The lowest BCUT2D eigenvalue weighted by Crippen LogP contribution is -2.23. The highest BCUT2D eigenvalue weighted by molar-refractivity contribution is 8.33. The molecule has 1 unspecified atom stereocenters. The van der Waals surface area contributed by atoms with Crippen LogP contribution in [-0.2, 0) is 0 Å². The van der Waals surface area contributed by atoms with E-state index in [-0.39, 0.29) is 0 Å². The average Bonchev–Trinajstić information content (AvgIpc) is 2.23. The zero-order chi connectivity index (χ0) is 14.8. The number of nitrogens with zero attached hydrogens (tertiary/aromatic N) is 1. The molecule has 0 fully saturated rings. The zero-order valence-electron chi connectivity index (χ0n) is 10.7. The molecular formula is C9H18Cl6NP2+. The summed E-state index contributed by atoms with van der Waals surface area (Å²) in [5.74, 6) is -2.79. The van der Waals surface area contributed by atoms with Crippen LogP contribution in [0.3, 0.4) is 0 Å². The normalized spacial score (nSPS) is 17.4. The van der Waals surface area contributed by atoms with E-state index in [0.29, 0.717) is 19.3 Å². The number of rotatable bonds is 6. The van der Waals surface area contributed by atoms with Crippen molar-refractivity contribution in [1.82, 2.24) is 0 Å². The van der Waals surface area contributed by atoms with Gasteiger partial charge in [0, 0.05) is 12.8 Å². The van der Waals surface area contributed by atoms with Crippen molar-refractivity contribution in [3.8, 4) is 0 Å². The fraction of sp³-hybridized carbons (Fsp3) is 1.00. The molecular weight excluding hydrogens is 397 g/mol. The second kappa shape index (κ2) is 7.11. The molecule has 0 saturated carbocycles. The van der Waals surface area contributed by atoms with Crippen molar-refractivity contribution in [2.45, 2.75) is 56.9 Å². The van der Waals surface area contributed by atoms with Crippen LogP contribution in [0, 0.1) is 0 Å². The molecule has 0 aliphatic rings. The van der Waals surface area contributed by atoms with E-state index in [2.05, 4.69) is 4.74 Å². The number of hydrogen-bond acceptors (Lipinski definition) is 1. The Balaban J connectivity index is 5.87. The fourth-order valence-corrected chi connectivity index (χ4v) is 9.27. The highest BCUT2D eigenvalue weighted by Crippen LogP contribution is 2.87. The van der Waals surface area contributed by atoms with Crippen molar-refractivity contribution in [3.63, 3.8) is 0 Å². The molecule has 0 aromatic carbocycles. The largest absolute Gasteiger partial charge is 0.334 e. The van der Waals surface area contributed by atoms with E-state index in [1.165, 1.54) is 0 Å². The van der Waals surface area contributed by atoms with Gasteiger partial charge in [0.2, 0.25) is 5.28 Å². The van der Waals surface area contributed by atoms with Crippen LogP contribution in [0.4, 0.5) is 0 Å². The Bertz CT molecular complexity index is 328. The average molecular weight is 415 g/mol. The molecule has 110 valence electrons. The molecule has 0 aliphatic heterocycles. The molecule has 0 rings (SSSR count). The van der Waals surface area contributed by atoms with Crippen LogP contribution >= 0.6 is 78.9 Å². The third-order valence-electron chi connectivity index (χ3n) is 3.12. The lowest BCUT2D eigenvalue weighted by Gasteiger charge is -2.32. The van der Waals surface area contributed by atoms with E-state index in [0.717, 1.165) is 0 Å². The Morgan fingerprint density at radius 1 is 1.00 bits per heavy atom. The summed E-state index contributed by atoms with van der Waals surface area (Å²) in [4.78, 5) is 0. The Morgan fingerprint density at radius 3 is 1.61 bits per heavy atom. The van der Waals surface area contributed by atoms with Crippen molar-refractivity contribution < 1.29 is 0 Å². The summed E-state index contributed by atoms with van der Waals surface area (Å²) < 4.78 is 3.75. The first kappa shape index (κ1) is 20.4. The van der Waals surface area contributed by atoms with Gasteiger partial charge < -0.3 is 0 Å². The molecule has 0 heterocycles. The lowest BCUT2D eigenvalue weighted by molar-refractivity contribution is 0.573. The summed E-state index contributed by atoms with van der Waals surface area (Å²) in [5, 5.41) is -3.59. The smallest absolute Gasteiger partial charge is 0.223 e. The monoisotopic (exact) mass is 412 g/mol. The highest BCUT2D eigenvalue weighted by atomic mass is 36.1. The van der Waals surface area contributed by atoms with E-state index in [1.54, 1.807) is 6.92 Å². The van der Waals surface area contributed by atoms with Gasteiger partial charge in [-0.25, -0.2) is 4.74 Å². The maximum atomic E-state index is 6.40. The SMILES string of the molecule is CCC(C)(Cl)P(Cl)(Cl)=NC(CC)(CC)[P+](Cl)(Cl)Cl. The van der Waals surface area contributed by atoms with Crippen molar-refractivity contribution >= 4 is 78.9 Å². The summed E-state index contributed by atoms with van der Waals surface area (Å²) >= 11 is 37.6. The van der Waals surface area contributed by atoms with Crippen LogP contribution in [0.25, 0.3) is 0 Å². The predicted molar refractivity (Wildman–Crippen MR) is 93.4 cm³/mol. The second-order valence-corrected chi connectivity index (χ2v) is 18.8. The molecule has 0 aliphatic carbocycles. The molecule has 9 heteroatoms. The Labute approximate surface area is 140 Å². The van der Waals surface area contributed by atoms with Crippen molar-refractivity contribution in [1.29, 1.82) is 0 Å². The van der Waals surface area contributed by atoms with Crippen molar-refractivity contribution in [3.05, 3.63) is 0 Å². The molecule has 0 spiro atoms. The number of hydrogen-bond donors (Lipinski definition) is 0. The van der Waals surface area contributed by atoms with E-state index < -0.39 is 21.0 Å². The maximum Gasteiger partial charge on any atom is 0.334 e. The van der Waals surface area contributed by atoms with Gasteiger partial charge in [0.05, 0.1) is 0 Å². The number of halogens is 6. The van der Waals surface area contributed by atoms with Crippen LogP contribution in [0.2, 0.25) is 0 Å². The molecule has 1 nitrogen and oxygen atoms in total. The van der Waals surface area contributed by atoms with Crippen LogP contribution in [0.15, 0.2) is 4.74 Å². The van der Waals surface area contributed by atoms with Gasteiger partial charge in [-0.15, -0.1) is 11.6 Å². The molecule has 0 amide bonds. The van der Waals surface area contributed by atoms with Crippen LogP contribution in [-0.4, -0.2) is 9.90 Å². The summed E-state index contributed by atoms with van der Waals surface area (Å²) in [6, 6.07) is 0. The van der Waals surface area contributed by atoms with Gasteiger partial charge in [0.25, 0.3) is 0 Å². The first-order valence-corrected chi connectivity index (χ1v) is 14.0. The summed E-state index contributed by atoms with van der Waals surface area (Å²) in [7, 11) is 0. The van der Waals surface area contributed by atoms with Gasteiger partial charge in [-0.1, -0.05) is 43.3 Å². The Kier molecular flexibility index (Phi) is 8.05. The Morgan fingerprint density at radius 2 is 1.39 bits per heavy atom. The zero-order valence-corrected chi connectivity index (χ0v) is 17.1. The molecule has 0 saturated heterocycles. The van der Waals surface area contributed by atoms with Gasteiger partial charge in [0.15, 0.2) is 5.76 Å². The minimum atomic E-state index is -2.79. The standard InChI is InChI=1S/C9H18Cl6NP2/c1-5-8(4,10)18(14,15)16-9(6-2,7-3)17(11,12)13/h5-7H2,1-4H3/q+1. The molecule has 0 aromatic rings. The van der Waals surface area contributed by atoms with Crippen LogP contribution in [0.5, 0.6) is 0 Å². The molecule has 1 atom stereocenters. The van der Waals surface area contributed by atoms with Crippen molar-refractivity contribution in [2.75, 3.05) is 0 Å². The molecule has 18 heavy (non-hydrogen) atoms. The van der Waals surface area contributed by atoms with Gasteiger partial charge in [-0.3, -0.25) is 0 Å².